The van der Waals surface area contributed by atoms with Crippen LogP contribution >= 0.6 is 11.6 Å². The summed E-state index contributed by atoms with van der Waals surface area (Å²) in [5, 5.41) is 3.12. The van der Waals surface area contributed by atoms with Crippen molar-refractivity contribution >= 4 is 33.2 Å². The number of hydrogen-bond acceptors (Lipinski definition) is 6. The van der Waals surface area contributed by atoms with Crippen LogP contribution in [-0.2, 0) is 20.2 Å². The first kappa shape index (κ1) is 27.6. The van der Waals surface area contributed by atoms with Gasteiger partial charge in [0, 0.05) is 5.02 Å². The summed E-state index contributed by atoms with van der Waals surface area (Å²) in [7, 11) is -2.52. The molecule has 1 aliphatic rings. The van der Waals surface area contributed by atoms with Crippen LogP contribution in [0.3, 0.4) is 0 Å². The van der Waals surface area contributed by atoms with Gasteiger partial charge >= 0.3 is 0 Å². The number of benzene rings is 3. The summed E-state index contributed by atoms with van der Waals surface area (Å²) in [5.41, 5.74) is 1.51. The predicted molar refractivity (Wildman–Crippen MR) is 147 cm³/mol. The summed E-state index contributed by atoms with van der Waals surface area (Å²) >= 11 is 6.16. The lowest BCUT2D eigenvalue weighted by Gasteiger charge is -2.34. The van der Waals surface area contributed by atoms with Gasteiger partial charge in [0.05, 0.1) is 30.8 Å². The second-order valence-corrected chi connectivity index (χ2v) is 12.1. The van der Waals surface area contributed by atoms with Gasteiger partial charge in [0.2, 0.25) is 0 Å². The van der Waals surface area contributed by atoms with E-state index in [1.165, 1.54) is 30.9 Å². The van der Waals surface area contributed by atoms with Crippen molar-refractivity contribution in [3.63, 3.8) is 0 Å². The van der Waals surface area contributed by atoms with Crippen LogP contribution < -0.4 is 23.8 Å². The Hall–Kier alpha value is -3.43. The van der Waals surface area contributed by atoms with E-state index in [4.69, 9.17) is 25.8 Å². The average molecular weight is 559 g/mol. The molecule has 0 aliphatic carbocycles. The molecule has 0 spiro atoms. The molecule has 1 unspecified atom stereocenters. The smallest absolute Gasteiger partial charge is 0.264 e. The lowest BCUT2D eigenvalue weighted by atomic mass is 9.87. The van der Waals surface area contributed by atoms with Crippen LogP contribution in [0.15, 0.2) is 71.6 Å². The number of methoxy groups -OCH3 is 1. The molecule has 1 heterocycles. The summed E-state index contributed by atoms with van der Waals surface area (Å²) < 4.78 is 45.0. The molecule has 202 valence electrons. The largest absolute Gasteiger partial charge is 0.497 e. The van der Waals surface area contributed by atoms with Crippen molar-refractivity contribution in [3.05, 3.63) is 77.3 Å². The van der Waals surface area contributed by atoms with Gasteiger partial charge in [-0.3, -0.25) is 9.10 Å². The Morgan fingerprint density at radius 2 is 1.71 bits per heavy atom. The Kier molecular flexibility index (Phi) is 8.08. The molecule has 38 heavy (non-hydrogen) atoms. The van der Waals surface area contributed by atoms with E-state index in [0.717, 1.165) is 4.31 Å². The summed E-state index contributed by atoms with van der Waals surface area (Å²) in [6, 6.07) is 18.5. The van der Waals surface area contributed by atoms with Crippen molar-refractivity contribution in [2.75, 3.05) is 31.1 Å². The Labute approximate surface area is 228 Å². The highest BCUT2D eigenvalue weighted by atomic mass is 35.5. The molecular formula is C28H31ClN2O6S. The molecule has 0 saturated carbocycles. The van der Waals surface area contributed by atoms with E-state index in [0.29, 0.717) is 16.5 Å². The molecule has 1 N–H and O–H groups in total. The van der Waals surface area contributed by atoms with E-state index in [1.54, 1.807) is 24.3 Å². The molecule has 3 aromatic rings. The van der Waals surface area contributed by atoms with Gasteiger partial charge in [-0.25, -0.2) is 8.42 Å². The third kappa shape index (κ3) is 6.16. The van der Waals surface area contributed by atoms with Crippen LogP contribution in [0.25, 0.3) is 0 Å². The second kappa shape index (κ2) is 11.1. The monoisotopic (exact) mass is 558 g/mol. The Balaban J connectivity index is 1.44. The van der Waals surface area contributed by atoms with Gasteiger partial charge in [0.1, 0.15) is 23.9 Å². The van der Waals surface area contributed by atoms with E-state index >= 15 is 0 Å². The lowest BCUT2D eigenvalue weighted by molar-refractivity contribution is -0.127. The van der Waals surface area contributed by atoms with Gasteiger partial charge in [-0.15, -0.1) is 0 Å². The lowest BCUT2D eigenvalue weighted by Crippen LogP contribution is -2.51. The zero-order valence-corrected chi connectivity index (χ0v) is 23.3. The maximum absolute atomic E-state index is 13.6. The fourth-order valence-electron chi connectivity index (χ4n) is 3.97. The van der Waals surface area contributed by atoms with Gasteiger partial charge in [-0.2, -0.15) is 0 Å². The molecule has 10 heteroatoms. The maximum atomic E-state index is 13.6. The van der Waals surface area contributed by atoms with Gasteiger partial charge in [0.25, 0.3) is 15.9 Å². The number of nitrogens with one attached hydrogen (secondary N) is 1. The van der Waals surface area contributed by atoms with E-state index in [2.05, 4.69) is 26.1 Å². The number of anilines is 1. The third-order valence-corrected chi connectivity index (χ3v) is 8.15. The van der Waals surface area contributed by atoms with Gasteiger partial charge in [0.15, 0.2) is 6.10 Å². The van der Waals surface area contributed by atoms with Crippen molar-refractivity contribution in [2.24, 2.45) is 0 Å². The van der Waals surface area contributed by atoms with Crippen molar-refractivity contribution < 1.29 is 27.4 Å². The fourth-order valence-corrected chi connectivity index (χ4v) is 5.61. The fraction of sp³-hybridized carbons (Fsp3) is 0.321. The molecule has 1 amide bonds. The molecule has 0 bridgehead atoms. The summed E-state index contributed by atoms with van der Waals surface area (Å²) in [6.07, 6.45) is -1.07. The number of sulfonamides is 1. The number of carbonyl (C=O) groups is 1. The maximum Gasteiger partial charge on any atom is 0.264 e. The molecule has 0 saturated heterocycles. The minimum Gasteiger partial charge on any atom is -0.497 e. The van der Waals surface area contributed by atoms with E-state index < -0.39 is 22.0 Å². The van der Waals surface area contributed by atoms with Crippen LogP contribution in [-0.4, -0.2) is 47.2 Å². The zero-order chi connectivity index (χ0) is 27.5. The van der Waals surface area contributed by atoms with Crippen LogP contribution in [0.4, 0.5) is 5.69 Å². The minimum absolute atomic E-state index is 0.0468. The highest BCUT2D eigenvalue weighted by Crippen LogP contribution is 2.39. The predicted octanol–water partition coefficient (Wildman–Crippen LogP) is 4.80. The number of ether oxygens (including phenoxy) is 3. The molecule has 1 atom stereocenters. The number of hydrogen-bond donors (Lipinski definition) is 1. The van der Waals surface area contributed by atoms with Gasteiger partial charge < -0.3 is 19.5 Å². The molecule has 8 nitrogen and oxygen atoms in total. The molecule has 0 aromatic heterocycles. The molecule has 3 aromatic carbocycles. The summed E-state index contributed by atoms with van der Waals surface area (Å²) in [6.45, 7) is 6.67. The van der Waals surface area contributed by atoms with Gasteiger partial charge in [-0.1, -0.05) is 44.5 Å². The van der Waals surface area contributed by atoms with Gasteiger partial charge in [-0.05, 0) is 65.6 Å². The van der Waals surface area contributed by atoms with Crippen molar-refractivity contribution in [2.45, 2.75) is 37.2 Å². The van der Waals surface area contributed by atoms with Crippen LogP contribution in [0.5, 0.6) is 17.2 Å². The first-order chi connectivity index (χ1) is 18.0. The highest BCUT2D eigenvalue weighted by molar-refractivity contribution is 7.92. The van der Waals surface area contributed by atoms with Crippen LogP contribution in [0, 0.1) is 0 Å². The van der Waals surface area contributed by atoms with E-state index in [-0.39, 0.29) is 41.4 Å². The SMILES string of the molecule is COc1ccc(S(=O)(=O)N2CC(C(=O)NCCOc3ccc(C(C)(C)C)cc3)Oc3ccc(Cl)cc32)cc1. The third-order valence-electron chi connectivity index (χ3n) is 6.12. The molecule has 0 fully saturated rings. The van der Waals surface area contributed by atoms with Crippen LogP contribution in [0.1, 0.15) is 26.3 Å². The first-order valence-electron chi connectivity index (χ1n) is 12.1. The Morgan fingerprint density at radius 3 is 2.34 bits per heavy atom. The normalized spacial score (nSPS) is 15.3. The zero-order valence-electron chi connectivity index (χ0n) is 21.7. The number of amides is 1. The molecule has 1 aliphatic heterocycles. The number of rotatable bonds is 8. The molecule has 0 radical (unpaired) electrons. The summed E-state index contributed by atoms with van der Waals surface area (Å²) in [5.74, 6) is 1.02. The minimum atomic E-state index is -4.02. The number of nitrogens with zero attached hydrogens (tertiary/aromatic N) is 1. The second-order valence-electron chi connectivity index (χ2n) is 9.84. The van der Waals surface area contributed by atoms with Crippen molar-refractivity contribution in [1.82, 2.24) is 5.32 Å². The molecule has 4 rings (SSSR count). The average Bonchev–Trinajstić information content (AvgIpc) is 2.90. The highest BCUT2D eigenvalue weighted by Gasteiger charge is 2.37. The first-order valence-corrected chi connectivity index (χ1v) is 13.9. The van der Waals surface area contributed by atoms with E-state index in [9.17, 15) is 13.2 Å². The number of carbonyl (C=O) groups excluding carboxylic acids is 1. The van der Waals surface area contributed by atoms with Crippen LogP contribution in [0.2, 0.25) is 5.02 Å². The standard InChI is InChI=1S/C28H31ClN2O6S/c1-28(2,3)19-5-8-22(9-6-19)36-16-15-30-27(32)26-18-31(24-17-20(29)7-14-25(24)37-26)38(33,34)23-12-10-21(35-4)11-13-23/h5-14,17,26H,15-16,18H2,1-4H3,(H,30,32). The van der Waals surface area contributed by atoms with Crippen molar-refractivity contribution in [3.8, 4) is 17.2 Å². The number of halogens is 1. The summed E-state index contributed by atoms with van der Waals surface area (Å²) in [4.78, 5) is 13.0. The quantitative estimate of drug-likeness (QED) is 0.399. The molecular weight excluding hydrogens is 528 g/mol. The van der Waals surface area contributed by atoms with Crippen molar-refractivity contribution in [1.29, 1.82) is 0 Å². The Bertz CT molecular complexity index is 1390. The Morgan fingerprint density at radius 1 is 1.05 bits per heavy atom. The topological polar surface area (TPSA) is 94.2 Å². The van der Waals surface area contributed by atoms with E-state index in [1.807, 2.05) is 24.3 Å². The number of fused-ring (bicyclic) bond motifs is 1.